The van der Waals surface area contributed by atoms with Crippen LogP contribution in [0.1, 0.15) is 18.9 Å². The second-order valence-corrected chi connectivity index (χ2v) is 6.84. The van der Waals surface area contributed by atoms with Gasteiger partial charge in [-0.05, 0) is 42.0 Å². The molecule has 8 nitrogen and oxygen atoms in total. The number of amides is 3. The first-order valence-electron chi connectivity index (χ1n) is 8.58. The van der Waals surface area contributed by atoms with Gasteiger partial charge in [-0.3, -0.25) is 19.3 Å². The average Bonchev–Trinajstić information content (AvgIpc) is 3.21. The minimum absolute atomic E-state index is 0.0280. The number of nitrogens with one attached hydrogen (secondary N) is 1. The maximum Gasteiger partial charge on any atom is 0.293 e. The van der Waals surface area contributed by atoms with E-state index >= 15 is 0 Å². The second-order valence-electron chi connectivity index (χ2n) is 5.85. The van der Waals surface area contributed by atoms with Gasteiger partial charge in [-0.15, -0.1) is 0 Å². The Labute approximate surface area is 160 Å². The van der Waals surface area contributed by atoms with Gasteiger partial charge in [0.25, 0.3) is 11.1 Å². The molecular formula is C18H20N2O6S. The molecule has 0 unspecified atom stereocenters. The van der Waals surface area contributed by atoms with Crippen molar-refractivity contribution in [2.75, 3.05) is 33.1 Å². The lowest BCUT2D eigenvalue weighted by Crippen LogP contribution is -2.38. The number of rotatable bonds is 8. The highest BCUT2D eigenvalue weighted by atomic mass is 32.2. The largest absolute Gasteiger partial charge is 0.454 e. The SMILES string of the molecule is CCCOCC(=O)NCCN1C(=O)S/C(=C/c2ccc3c(c2)OCO3)C1=O. The highest BCUT2D eigenvalue weighted by Crippen LogP contribution is 2.36. The minimum atomic E-state index is -0.376. The first kappa shape index (κ1) is 19.2. The Balaban J connectivity index is 1.54. The van der Waals surface area contributed by atoms with E-state index in [9.17, 15) is 14.4 Å². The van der Waals surface area contributed by atoms with Crippen molar-refractivity contribution in [1.82, 2.24) is 10.2 Å². The third kappa shape index (κ3) is 4.81. The van der Waals surface area contributed by atoms with Gasteiger partial charge in [-0.1, -0.05) is 13.0 Å². The van der Waals surface area contributed by atoms with Crippen LogP contribution in [0.5, 0.6) is 11.5 Å². The summed E-state index contributed by atoms with van der Waals surface area (Å²) in [6, 6.07) is 5.30. The number of hydrogen-bond donors (Lipinski definition) is 1. The molecular weight excluding hydrogens is 372 g/mol. The van der Waals surface area contributed by atoms with Crippen molar-refractivity contribution in [2.45, 2.75) is 13.3 Å². The molecule has 0 aliphatic carbocycles. The monoisotopic (exact) mass is 392 g/mol. The van der Waals surface area contributed by atoms with Crippen LogP contribution in [0.25, 0.3) is 6.08 Å². The van der Waals surface area contributed by atoms with Gasteiger partial charge in [0.15, 0.2) is 11.5 Å². The standard InChI is InChI=1S/C18H20N2O6S/c1-2-7-24-10-16(21)19-5-6-20-17(22)15(27-18(20)23)9-12-3-4-13-14(8-12)26-11-25-13/h3-4,8-9H,2,5-7,10-11H2,1H3,(H,19,21)/b15-9+. The molecule has 0 spiro atoms. The molecule has 2 aliphatic rings. The number of benzene rings is 1. The van der Waals surface area contributed by atoms with Crippen molar-refractivity contribution in [3.05, 3.63) is 28.7 Å². The molecule has 3 amide bonds. The molecule has 144 valence electrons. The lowest BCUT2D eigenvalue weighted by atomic mass is 10.2. The van der Waals surface area contributed by atoms with Gasteiger partial charge in [0.1, 0.15) is 6.61 Å². The quantitative estimate of drug-likeness (QED) is 0.534. The number of ether oxygens (including phenoxy) is 3. The number of carbonyl (C=O) groups excluding carboxylic acids is 3. The Morgan fingerprint density at radius 3 is 2.96 bits per heavy atom. The Morgan fingerprint density at radius 1 is 1.33 bits per heavy atom. The summed E-state index contributed by atoms with van der Waals surface area (Å²) in [5.41, 5.74) is 0.742. The Hall–Kier alpha value is -2.52. The second kappa shape index (κ2) is 8.92. The fraction of sp³-hybridized carbons (Fsp3) is 0.389. The summed E-state index contributed by atoms with van der Waals surface area (Å²) in [5, 5.41) is 2.28. The molecule has 27 heavy (non-hydrogen) atoms. The van der Waals surface area contributed by atoms with Gasteiger partial charge < -0.3 is 19.5 Å². The van der Waals surface area contributed by atoms with E-state index in [1.807, 2.05) is 6.92 Å². The first-order chi connectivity index (χ1) is 13.1. The van der Waals surface area contributed by atoms with E-state index < -0.39 is 0 Å². The van der Waals surface area contributed by atoms with Crippen molar-refractivity contribution < 1.29 is 28.6 Å². The fourth-order valence-corrected chi connectivity index (χ4v) is 3.38. The van der Waals surface area contributed by atoms with Gasteiger partial charge in [0.05, 0.1) is 4.91 Å². The molecule has 1 N–H and O–H groups in total. The smallest absolute Gasteiger partial charge is 0.293 e. The summed E-state index contributed by atoms with van der Waals surface area (Å²) >= 11 is 0.875. The Bertz CT molecular complexity index is 779. The van der Waals surface area contributed by atoms with Gasteiger partial charge in [-0.2, -0.15) is 0 Å². The topological polar surface area (TPSA) is 94.2 Å². The number of fused-ring (bicyclic) bond motifs is 1. The molecule has 1 aromatic carbocycles. The molecule has 9 heteroatoms. The number of imide groups is 1. The van der Waals surface area contributed by atoms with Gasteiger partial charge >= 0.3 is 0 Å². The van der Waals surface area contributed by atoms with Gasteiger partial charge in [0.2, 0.25) is 12.7 Å². The normalized spacial score (nSPS) is 17.1. The van der Waals surface area contributed by atoms with Crippen LogP contribution in [-0.4, -0.2) is 55.0 Å². The maximum atomic E-state index is 12.5. The van der Waals surface area contributed by atoms with Crippen molar-refractivity contribution in [3.8, 4) is 11.5 Å². The molecule has 2 aliphatic heterocycles. The van der Waals surface area contributed by atoms with Crippen LogP contribution in [0.3, 0.4) is 0 Å². The highest BCUT2D eigenvalue weighted by molar-refractivity contribution is 8.18. The predicted octanol–water partition coefficient (Wildman–Crippen LogP) is 1.99. The average molecular weight is 392 g/mol. The number of thioether (sulfide) groups is 1. The van der Waals surface area contributed by atoms with Crippen molar-refractivity contribution in [2.24, 2.45) is 0 Å². The molecule has 0 aromatic heterocycles. The fourth-order valence-electron chi connectivity index (χ4n) is 2.51. The molecule has 1 aromatic rings. The lowest BCUT2D eigenvalue weighted by Gasteiger charge is -2.13. The van der Waals surface area contributed by atoms with Crippen LogP contribution in [0.2, 0.25) is 0 Å². The van der Waals surface area contributed by atoms with Crippen LogP contribution in [-0.2, 0) is 14.3 Å². The molecule has 1 fully saturated rings. The summed E-state index contributed by atoms with van der Waals surface area (Å²) < 4.78 is 15.7. The van der Waals surface area contributed by atoms with Crippen molar-refractivity contribution in [1.29, 1.82) is 0 Å². The third-order valence-corrected chi connectivity index (χ3v) is 4.71. The number of carbonyl (C=O) groups is 3. The zero-order chi connectivity index (χ0) is 19.2. The molecule has 3 rings (SSSR count). The van der Waals surface area contributed by atoms with E-state index in [1.165, 1.54) is 0 Å². The summed E-state index contributed by atoms with van der Waals surface area (Å²) in [6.45, 7) is 2.91. The minimum Gasteiger partial charge on any atom is -0.454 e. The number of hydrogen-bond acceptors (Lipinski definition) is 7. The Kier molecular flexibility index (Phi) is 6.36. The molecule has 0 atom stereocenters. The first-order valence-corrected chi connectivity index (χ1v) is 9.39. The molecule has 0 bridgehead atoms. The van der Waals surface area contributed by atoms with Gasteiger partial charge in [0, 0.05) is 19.7 Å². The maximum absolute atomic E-state index is 12.5. The zero-order valence-electron chi connectivity index (χ0n) is 14.9. The van der Waals surface area contributed by atoms with Crippen LogP contribution in [0, 0.1) is 0 Å². The van der Waals surface area contributed by atoms with E-state index in [0.717, 1.165) is 28.6 Å². The third-order valence-electron chi connectivity index (χ3n) is 3.81. The van der Waals surface area contributed by atoms with Gasteiger partial charge in [-0.25, -0.2) is 0 Å². The Morgan fingerprint density at radius 2 is 2.15 bits per heavy atom. The van der Waals surface area contributed by atoms with E-state index in [0.29, 0.717) is 23.0 Å². The number of nitrogens with zero attached hydrogens (tertiary/aromatic N) is 1. The molecule has 0 saturated carbocycles. The van der Waals surface area contributed by atoms with E-state index in [1.54, 1.807) is 24.3 Å². The van der Waals surface area contributed by atoms with Crippen molar-refractivity contribution in [3.63, 3.8) is 0 Å². The van der Waals surface area contributed by atoms with Crippen LogP contribution in [0.4, 0.5) is 4.79 Å². The lowest BCUT2D eigenvalue weighted by molar-refractivity contribution is -0.126. The summed E-state index contributed by atoms with van der Waals surface area (Å²) in [6.07, 6.45) is 2.48. The summed E-state index contributed by atoms with van der Waals surface area (Å²) in [5.74, 6) is 0.611. The summed E-state index contributed by atoms with van der Waals surface area (Å²) in [7, 11) is 0. The molecule has 0 radical (unpaired) electrons. The van der Waals surface area contributed by atoms with E-state index in [4.69, 9.17) is 14.2 Å². The predicted molar refractivity (Wildman–Crippen MR) is 99.4 cm³/mol. The zero-order valence-corrected chi connectivity index (χ0v) is 15.7. The van der Waals surface area contributed by atoms with Crippen LogP contribution >= 0.6 is 11.8 Å². The van der Waals surface area contributed by atoms with E-state index in [-0.39, 0.29) is 43.5 Å². The molecule has 1 saturated heterocycles. The highest BCUT2D eigenvalue weighted by Gasteiger charge is 2.34. The van der Waals surface area contributed by atoms with Crippen LogP contribution in [0.15, 0.2) is 23.1 Å². The van der Waals surface area contributed by atoms with E-state index in [2.05, 4.69) is 5.32 Å². The van der Waals surface area contributed by atoms with Crippen molar-refractivity contribution >= 4 is 34.9 Å². The van der Waals surface area contributed by atoms with Crippen LogP contribution < -0.4 is 14.8 Å². The summed E-state index contributed by atoms with van der Waals surface area (Å²) in [4.78, 5) is 37.6. The molecule has 2 heterocycles.